The molecule has 0 fully saturated rings. The standard InChI is InChI=1S/C19H26ClN3O/c1-5-16-18(14-9-6-7-10-15(14)20)17(19(21)24)13(2)23(16)12-8-11-22(3)4/h6-7,9-10H,5,8,11-12H2,1-4H3,(H2,21,24). The zero-order valence-electron chi connectivity index (χ0n) is 14.9. The number of aromatic nitrogens is 1. The summed E-state index contributed by atoms with van der Waals surface area (Å²) in [4.78, 5) is 14.3. The molecular formula is C19H26ClN3O. The van der Waals surface area contributed by atoms with E-state index in [1.807, 2.05) is 31.2 Å². The van der Waals surface area contributed by atoms with Gasteiger partial charge in [0, 0.05) is 34.1 Å². The first-order valence-corrected chi connectivity index (χ1v) is 8.67. The monoisotopic (exact) mass is 347 g/mol. The van der Waals surface area contributed by atoms with Crippen LogP contribution in [0.1, 0.15) is 35.1 Å². The third-order valence-electron chi connectivity index (χ3n) is 4.34. The molecule has 130 valence electrons. The van der Waals surface area contributed by atoms with Gasteiger partial charge >= 0.3 is 0 Å². The molecule has 24 heavy (non-hydrogen) atoms. The van der Waals surface area contributed by atoms with Crippen molar-refractivity contribution in [1.29, 1.82) is 0 Å². The van der Waals surface area contributed by atoms with Gasteiger partial charge in [-0.2, -0.15) is 0 Å². The van der Waals surface area contributed by atoms with Crippen LogP contribution in [0.4, 0.5) is 0 Å². The molecule has 0 saturated carbocycles. The molecule has 4 nitrogen and oxygen atoms in total. The van der Waals surface area contributed by atoms with Crippen LogP contribution in [0.15, 0.2) is 24.3 Å². The summed E-state index contributed by atoms with van der Waals surface area (Å²) >= 11 is 6.40. The highest BCUT2D eigenvalue weighted by Gasteiger charge is 2.24. The summed E-state index contributed by atoms with van der Waals surface area (Å²) in [5.74, 6) is -0.400. The molecule has 5 heteroatoms. The van der Waals surface area contributed by atoms with E-state index in [9.17, 15) is 4.79 Å². The number of amides is 1. The quantitative estimate of drug-likeness (QED) is 0.829. The minimum absolute atomic E-state index is 0.400. The van der Waals surface area contributed by atoms with Gasteiger partial charge in [-0.05, 0) is 46.5 Å². The van der Waals surface area contributed by atoms with Crippen molar-refractivity contribution in [3.63, 3.8) is 0 Å². The second-order valence-corrected chi connectivity index (χ2v) is 6.70. The van der Waals surface area contributed by atoms with Gasteiger partial charge < -0.3 is 15.2 Å². The third-order valence-corrected chi connectivity index (χ3v) is 4.67. The molecule has 0 unspecified atom stereocenters. The Bertz CT molecular complexity index is 734. The summed E-state index contributed by atoms with van der Waals surface area (Å²) in [6, 6.07) is 7.62. The number of hydrogen-bond donors (Lipinski definition) is 1. The van der Waals surface area contributed by atoms with Crippen molar-refractivity contribution < 1.29 is 4.79 Å². The van der Waals surface area contributed by atoms with Crippen molar-refractivity contribution in [1.82, 2.24) is 9.47 Å². The van der Waals surface area contributed by atoms with Crippen LogP contribution in [0.25, 0.3) is 11.1 Å². The van der Waals surface area contributed by atoms with Crippen LogP contribution < -0.4 is 5.73 Å². The molecular weight excluding hydrogens is 322 g/mol. The fourth-order valence-electron chi connectivity index (χ4n) is 3.27. The number of nitrogens with two attached hydrogens (primary N) is 1. The predicted octanol–water partition coefficient (Wildman–Crippen LogP) is 3.73. The largest absolute Gasteiger partial charge is 0.366 e. The Kier molecular flexibility index (Phi) is 6.08. The van der Waals surface area contributed by atoms with Crippen LogP contribution >= 0.6 is 11.6 Å². The summed E-state index contributed by atoms with van der Waals surface area (Å²) in [7, 11) is 4.13. The summed E-state index contributed by atoms with van der Waals surface area (Å²) in [6.07, 6.45) is 1.83. The molecule has 1 aromatic carbocycles. The van der Waals surface area contributed by atoms with Crippen molar-refractivity contribution in [2.24, 2.45) is 5.73 Å². The van der Waals surface area contributed by atoms with E-state index in [4.69, 9.17) is 17.3 Å². The normalized spacial score (nSPS) is 11.2. The number of benzene rings is 1. The average molecular weight is 348 g/mol. The van der Waals surface area contributed by atoms with Crippen LogP contribution in [-0.4, -0.2) is 36.0 Å². The molecule has 0 bridgehead atoms. The summed E-state index contributed by atoms with van der Waals surface area (Å²) < 4.78 is 2.22. The Hall–Kier alpha value is -1.78. The lowest BCUT2D eigenvalue weighted by Gasteiger charge is -2.14. The van der Waals surface area contributed by atoms with E-state index in [1.54, 1.807) is 0 Å². The Labute approximate surface area is 149 Å². The molecule has 1 heterocycles. The Morgan fingerprint density at radius 3 is 2.50 bits per heavy atom. The number of primary amides is 1. The van der Waals surface area contributed by atoms with Crippen LogP contribution in [0.2, 0.25) is 5.02 Å². The molecule has 1 aromatic heterocycles. The second-order valence-electron chi connectivity index (χ2n) is 6.29. The van der Waals surface area contributed by atoms with E-state index in [0.717, 1.165) is 48.4 Å². The molecule has 2 rings (SSSR count). The highest BCUT2D eigenvalue weighted by molar-refractivity contribution is 6.33. The van der Waals surface area contributed by atoms with E-state index in [0.29, 0.717) is 10.6 Å². The number of hydrogen-bond acceptors (Lipinski definition) is 2. The van der Waals surface area contributed by atoms with Gasteiger partial charge in [-0.25, -0.2) is 0 Å². The first-order chi connectivity index (χ1) is 11.4. The van der Waals surface area contributed by atoms with Crippen LogP contribution in [0, 0.1) is 6.92 Å². The Morgan fingerprint density at radius 2 is 1.96 bits per heavy atom. The summed E-state index contributed by atoms with van der Waals surface area (Å²) in [5, 5.41) is 0.639. The maximum atomic E-state index is 12.1. The molecule has 0 atom stereocenters. The Morgan fingerprint density at radius 1 is 1.29 bits per heavy atom. The van der Waals surface area contributed by atoms with Crippen molar-refractivity contribution in [3.05, 3.63) is 46.2 Å². The van der Waals surface area contributed by atoms with Crippen LogP contribution in [-0.2, 0) is 13.0 Å². The highest BCUT2D eigenvalue weighted by atomic mass is 35.5. The highest BCUT2D eigenvalue weighted by Crippen LogP contribution is 2.37. The lowest BCUT2D eigenvalue weighted by atomic mass is 9.99. The number of rotatable bonds is 7. The lowest BCUT2D eigenvalue weighted by Crippen LogP contribution is -2.17. The van der Waals surface area contributed by atoms with Crippen molar-refractivity contribution in [3.8, 4) is 11.1 Å². The minimum Gasteiger partial charge on any atom is -0.366 e. The first kappa shape index (κ1) is 18.6. The van der Waals surface area contributed by atoms with Gasteiger partial charge in [0.15, 0.2) is 0 Å². The number of carbonyl (C=O) groups excluding carboxylic acids is 1. The van der Waals surface area contributed by atoms with Crippen molar-refractivity contribution in [2.45, 2.75) is 33.2 Å². The number of carbonyl (C=O) groups is 1. The van der Waals surface area contributed by atoms with E-state index < -0.39 is 5.91 Å². The Balaban J connectivity index is 2.61. The smallest absolute Gasteiger partial charge is 0.251 e. The molecule has 0 aliphatic carbocycles. The number of halogens is 1. The minimum atomic E-state index is -0.400. The zero-order valence-corrected chi connectivity index (χ0v) is 15.7. The summed E-state index contributed by atoms with van der Waals surface area (Å²) in [6.45, 7) is 5.92. The summed E-state index contributed by atoms with van der Waals surface area (Å²) in [5.41, 5.74) is 10.1. The van der Waals surface area contributed by atoms with Crippen molar-refractivity contribution in [2.75, 3.05) is 20.6 Å². The van der Waals surface area contributed by atoms with Crippen LogP contribution in [0.5, 0.6) is 0 Å². The van der Waals surface area contributed by atoms with Gasteiger partial charge in [0.25, 0.3) is 5.91 Å². The molecule has 0 radical (unpaired) electrons. The molecule has 2 aromatic rings. The predicted molar refractivity (Wildman–Crippen MR) is 101 cm³/mol. The maximum Gasteiger partial charge on any atom is 0.251 e. The van der Waals surface area contributed by atoms with Gasteiger partial charge in [0.1, 0.15) is 0 Å². The van der Waals surface area contributed by atoms with Gasteiger partial charge in [-0.3, -0.25) is 4.79 Å². The third kappa shape index (κ3) is 3.65. The topological polar surface area (TPSA) is 51.3 Å². The SMILES string of the molecule is CCc1c(-c2ccccc2Cl)c(C(N)=O)c(C)n1CCCN(C)C. The van der Waals surface area contributed by atoms with Gasteiger partial charge in [0.2, 0.25) is 0 Å². The molecule has 0 saturated heterocycles. The fourth-order valence-corrected chi connectivity index (χ4v) is 3.50. The zero-order chi connectivity index (χ0) is 17.9. The van der Waals surface area contributed by atoms with Crippen molar-refractivity contribution >= 4 is 17.5 Å². The van der Waals surface area contributed by atoms with E-state index in [-0.39, 0.29) is 0 Å². The molecule has 1 amide bonds. The van der Waals surface area contributed by atoms with E-state index in [2.05, 4.69) is 30.5 Å². The molecule has 2 N–H and O–H groups in total. The molecule has 0 aliphatic rings. The van der Waals surface area contributed by atoms with Gasteiger partial charge in [0.05, 0.1) is 5.56 Å². The molecule has 0 aliphatic heterocycles. The number of nitrogens with zero attached hydrogens (tertiary/aromatic N) is 2. The maximum absolute atomic E-state index is 12.1. The van der Waals surface area contributed by atoms with Gasteiger partial charge in [-0.15, -0.1) is 0 Å². The molecule has 0 spiro atoms. The average Bonchev–Trinajstić information content (AvgIpc) is 2.80. The first-order valence-electron chi connectivity index (χ1n) is 8.29. The van der Waals surface area contributed by atoms with E-state index >= 15 is 0 Å². The fraction of sp³-hybridized carbons (Fsp3) is 0.421. The van der Waals surface area contributed by atoms with E-state index in [1.165, 1.54) is 0 Å². The second kappa shape index (κ2) is 7.86. The lowest BCUT2D eigenvalue weighted by molar-refractivity contribution is 0.1000. The van der Waals surface area contributed by atoms with Gasteiger partial charge in [-0.1, -0.05) is 36.7 Å². The van der Waals surface area contributed by atoms with Crippen LogP contribution in [0.3, 0.4) is 0 Å².